The van der Waals surface area contributed by atoms with Gasteiger partial charge >= 0.3 is 0 Å². The Balaban J connectivity index is 1.51. The second kappa shape index (κ2) is 13.8. The van der Waals surface area contributed by atoms with Gasteiger partial charge in [0, 0.05) is 71.2 Å². The predicted octanol–water partition coefficient (Wildman–Crippen LogP) is 7.71. The smallest absolute Gasteiger partial charge is 0.246 e. The number of carbonyl (C=O) groups is 1. The summed E-state index contributed by atoms with van der Waals surface area (Å²) >= 11 is 0. The van der Waals surface area contributed by atoms with Crippen molar-refractivity contribution in [1.29, 1.82) is 0 Å². The molecule has 0 fully saturated rings. The summed E-state index contributed by atoms with van der Waals surface area (Å²) < 4.78 is 47.5. The number of carbonyl (C=O) groups excluding carboxylic acids is 1. The van der Waals surface area contributed by atoms with Crippen LogP contribution < -0.4 is 9.47 Å². The first kappa shape index (κ1) is 31.2. The third kappa shape index (κ3) is 6.29. The Morgan fingerprint density at radius 2 is 1.62 bits per heavy atom. The second-order valence-electron chi connectivity index (χ2n) is 11.6. The molecule has 9 heteroatoms. The molecule has 0 unspecified atom stereocenters. The molecule has 0 saturated heterocycles. The number of rotatable bonds is 2. The van der Waals surface area contributed by atoms with Crippen LogP contribution >= 0.6 is 0 Å². The van der Waals surface area contributed by atoms with Crippen LogP contribution in [-0.4, -0.2) is 53.7 Å². The average Bonchev–Trinajstić information content (AvgIpc) is 3.11. The number of benzene rings is 3. The molecule has 7 nitrogen and oxygen atoms in total. The van der Waals surface area contributed by atoms with E-state index >= 15 is 0 Å². The van der Waals surface area contributed by atoms with E-state index < -0.39 is 11.6 Å². The maximum absolute atomic E-state index is 14.8. The topological polar surface area (TPSA) is 73.8 Å². The van der Waals surface area contributed by atoms with Crippen LogP contribution in [0, 0.1) is 11.6 Å². The predicted molar refractivity (Wildman–Crippen MR) is 181 cm³/mol. The van der Waals surface area contributed by atoms with E-state index in [0.29, 0.717) is 78.7 Å². The summed E-state index contributed by atoms with van der Waals surface area (Å²) in [6, 6.07) is 18.7. The molecule has 7 rings (SSSR count). The maximum atomic E-state index is 14.8. The van der Waals surface area contributed by atoms with Gasteiger partial charge in [0.25, 0.3) is 0 Å². The van der Waals surface area contributed by atoms with E-state index in [1.807, 2.05) is 42.5 Å². The van der Waals surface area contributed by atoms with Gasteiger partial charge in [-0.2, -0.15) is 0 Å². The van der Waals surface area contributed by atoms with Gasteiger partial charge in [-0.1, -0.05) is 43.0 Å². The van der Waals surface area contributed by atoms with Gasteiger partial charge in [-0.05, 0) is 53.8 Å². The SMILES string of the molecule is C=CC(=O)N1CCc2ncc(-c3nc4c5ccccc5c3-c3ccc(F)cc3OCCOCC/C=C/COc3cc(F)ccc3-4)cc2C1. The number of halogens is 2. The Kier molecular flexibility index (Phi) is 8.94. The van der Waals surface area contributed by atoms with Gasteiger partial charge in [-0.25, -0.2) is 13.8 Å². The van der Waals surface area contributed by atoms with Gasteiger partial charge < -0.3 is 19.1 Å². The van der Waals surface area contributed by atoms with E-state index in [4.69, 9.17) is 24.2 Å². The largest absolute Gasteiger partial charge is 0.490 e. The third-order valence-corrected chi connectivity index (χ3v) is 8.54. The number of aromatic nitrogens is 2. The number of nitrogens with zero attached hydrogens (tertiary/aromatic N) is 3. The number of pyridine rings is 2. The van der Waals surface area contributed by atoms with Crippen molar-refractivity contribution in [3.8, 4) is 45.1 Å². The van der Waals surface area contributed by atoms with Crippen LogP contribution in [0.3, 0.4) is 0 Å². The Bertz CT molecular complexity index is 2060. The second-order valence-corrected chi connectivity index (χ2v) is 11.6. The van der Waals surface area contributed by atoms with Crippen molar-refractivity contribution >= 4 is 16.7 Å². The average molecular weight is 646 g/mol. The molecule has 0 spiro atoms. The molecule has 0 radical (unpaired) electrons. The molecule has 0 atom stereocenters. The fraction of sp³-hybridized carbons (Fsp3) is 0.205. The van der Waals surface area contributed by atoms with E-state index in [9.17, 15) is 13.6 Å². The first-order chi connectivity index (χ1) is 23.5. The zero-order valence-electron chi connectivity index (χ0n) is 26.3. The van der Waals surface area contributed by atoms with Crippen molar-refractivity contribution in [1.82, 2.24) is 14.9 Å². The molecule has 3 aromatic carbocycles. The van der Waals surface area contributed by atoms with Gasteiger partial charge in [-0.15, -0.1) is 0 Å². The Morgan fingerprint density at radius 1 is 0.854 bits per heavy atom. The Hall–Kier alpha value is -5.41. The first-order valence-electron chi connectivity index (χ1n) is 15.9. The zero-order valence-corrected chi connectivity index (χ0v) is 26.3. The maximum Gasteiger partial charge on any atom is 0.246 e. The molecule has 0 saturated carbocycles. The van der Waals surface area contributed by atoms with Crippen molar-refractivity contribution in [2.45, 2.75) is 19.4 Å². The van der Waals surface area contributed by atoms with Crippen molar-refractivity contribution in [2.75, 3.05) is 33.0 Å². The molecule has 4 heterocycles. The van der Waals surface area contributed by atoms with Crippen LogP contribution in [0.2, 0.25) is 0 Å². The number of hydrogen-bond donors (Lipinski definition) is 0. The molecule has 2 aromatic heterocycles. The van der Waals surface area contributed by atoms with Crippen molar-refractivity contribution < 1.29 is 27.8 Å². The molecule has 0 aliphatic carbocycles. The molecule has 1 amide bonds. The van der Waals surface area contributed by atoms with Crippen LogP contribution in [-0.2, 0) is 22.5 Å². The van der Waals surface area contributed by atoms with Gasteiger partial charge in [0.1, 0.15) is 36.3 Å². The molecule has 48 heavy (non-hydrogen) atoms. The molecule has 0 N–H and O–H groups in total. The summed E-state index contributed by atoms with van der Waals surface area (Å²) in [5.74, 6) is -0.317. The van der Waals surface area contributed by atoms with E-state index in [1.54, 1.807) is 23.2 Å². The molecule has 5 aromatic rings. The Labute approximate surface area is 277 Å². The molecule has 2 bridgehead atoms. The van der Waals surface area contributed by atoms with Gasteiger partial charge in [0.05, 0.1) is 24.6 Å². The fourth-order valence-electron chi connectivity index (χ4n) is 6.24. The molecular weight excluding hydrogens is 612 g/mol. The minimum atomic E-state index is -0.437. The van der Waals surface area contributed by atoms with Crippen LogP contribution in [0.5, 0.6) is 11.5 Å². The van der Waals surface area contributed by atoms with E-state index in [1.165, 1.54) is 30.3 Å². The van der Waals surface area contributed by atoms with Crippen molar-refractivity contribution in [2.24, 2.45) is 0 Å². The standard InChI is InChI=1S/C39H33F2N3O4/c1-2-36(45)44-15-14-33-26(24-44)20-25(23-42-33)38-37-29-8-4-5-9-30(29)39(43-38)32-13-11-28(41)22-35(32)47-17-7-3-6-16-46-18-19-48-34-21-27(40)10-12-31(34)37/h2-5,7-13,20-23H,1,6,14-19,24H2/b7-3+. The molecule has 2 aliphatic heterocycles. The highest BCUT2D eigenvalue weighted by molar-refractivity contribution is 6.09. The van der Waals surface area contributed by atoms with Crippen molar-refractivity contribution in [3.63, 3.8) is 0 Å². The minimum Gasteiger partial charge on any atom is -0.490 e. The minimum absolute atomic E-state index is 0.145. The lowest BCUT2D eigenvalue weighted by Gasteiger charge is -2.28. The number of fused-ring (bicyclic) bond motifs is 5. The van der Waals surface area contributed by atoms with Gasteiger partial charge in [-0.3, -0.25) is 9.78 Å². The number of amides is 1. The molecule has 2 aliphatic rings. The fourth-order valence-corrected chi connectivity index (χ4v) is 6.24. The lowest BCUT2D eigenvalue weighted by molar-refractivity contribution is -0.126. The monoisotopic (exact) mass is 645 g/mol. The van der Waals surface area contributed by atoms with Gasteiger partial charge in [0.2, 0.25) is 5.91 Å². The number of ether oxygens (including phenoxy) is 3. The highest BCUT2D eigenvalue weighted by Crippen LogP contribution is 2.45. The summed E-state index contributed by atoms with van der Waals surface area (Å²) in [5.41, 5.74) is 5.63. The molecule has 242 valence electrons. The van der Waals surface area contributed by atoms with Crippen LogP contribution in [0.1, 0.15) is 17.7 Å². The zero-order chi connectivity index (χ0) is 33.0. The summed E-state index contributed by atoms with van der Waals surface area (Å²) in [4.78, 5) is 24.4. The van der Waals surface area contributed by atoms with Gasteiger partial charge in [0.15, 0.2) is 0 Å². The van der Waals surface area contributed by atoms with E-state index in [-0.39, 0.29) is 19.1 Å². The lowest BCUT2D eigenvalue weighted by atomic mass is 9.90. The van der Waals surface area contributed by atoms with Crippen LogP contribution in [0.4, 0.5) is 8.78 Å². The quantitative estimate of drug-likeness (QED) is 0.145. The summed E-state index contributed by atoms with van der Waals surface area (Å²) in [5, 5.41) is 1.61. The third-order valence-electron chi connectivity index (χ3n) is 8.54. The lowest BCUT2D eigenvalue weighted by Crippen LogP contribution is -2.35. The van der Waals surface area contributed by atoms with E-state index in [0.717, 1.165) is 27.6 Å². The van der Waals surface area contributed by atoms with E-state index in [2.05, 4.69) is 6.58 Å². The normalized spacial score (nSPS) is 15.6. The molecular formula is C39H33F2N3O4. The summed E-state index contributed by atoms with van der Waals surface area (Å²) in [6.45, 7) is 5.82. The first-order valence-corrected chi connectivity index (χ1v) is 15.9. The number of hydrogen-bond acceptors (Lipinski definition) is 6. The van der Waals surface area contributed by atoms with Crippen LogP contribution in [0.25, 0.3) is 44.4 Å². The summed E-state index contributed by atoms with van der Waals surface area (Å²) in [6.07, 6.45) is 8.19. The van der Waals surface area contributed by atoms with Crippen molar-refractivity contribution in [3.05, 3.63) is 121 Å². The summed E-state index contributed by atoms with van der Waals surface area (Å²) in [7, 11) is 0. The highest BCUT2D eigenvalue weighted by atomic mass is 19.1. The highest BCUT2D eigenvalue weighted by Gasteiger charge is 2.25. The Morgan fingerprint density at radius 3 is 2.44 bits per heavy atom. The van der Waals surface area contributed by atoms with Crippen LogP contribution in [0.15, 0.2) is 97.7 Å².